The summed E-state index contributed by atoms with van der Waals surface area (Å²) in [5, 5.41) is 8.53. The highest BCUT2D eigenvalue weighted by Crippen LogP contribution is 2.33. The van der Waals surface area contributed by atoms with Gasteiger partial charge in [0.1, 0.15) is 12.2 Å². The van der Waals surface area contributed by atoms with E-state index in [4.69, 9.17) is 9.47 Å². The summed E-state index contributed by atoms with van der Waals surface area (Å²) < 4.78 is 12.1. The Kier molecular flexibility index (Phi) is 3.83. The second kappa shape index (κ2) is 6.12. The zero-order valence-corrected chi connectivity index (χ0v) is 13.1. The summed E-state index contributed by atoms with van der Waals surface area (Å²) >= 11 is 0. The predicted octanol–water partition coefficient (Wildman–Crippen LogP) is 2.00. The van der Waals surface area contributed by atoms with Crippen LogP contribution in [0.2, 0.25) is 0 Å². The summed E-state index contributed by atoms with van der Waals surface area (Å²) in [7, 11) is 0. The topological polar surface area (TPSA) is 60.4 Å². The molecule has 0 N–H and O–H groups in total. The molecule has 4 heterocycles. The Balaban J connectivity index is 1.58. The lowest BCUT2D eigenvalue weighted by Crippen LogP contribution is -2.42. The zero-order valence-electron chi connectivity index (χ0n) is 13.1. The molecule has 2 aliphatic heterocycles. The van der Waals surface area contributed by atoms with Gasteiger partial charge >= 0.3 is 0 Å². The van der Waals surface area contributed by atoms with Crippen molar-refractivity contribution in [2.45, 2.75) is 38.0 Å². The van der Waals surface area contributed by atoms with E-state index in [-0.39, 0.29) is 18.2 Å². The van der Waals surface area contributed by atoms with Crippen LogP contribution >= 0.6 is 0 Å². The molecular weight excluding hydrogens is 292 g/mol. The van der Waals surface area contributed by atoms with Crippen LogP contribution in [0, 0.1) is 6.92 Å². The van der Waals surface area contributed by atoms with Gasteiger partial charge in [-0.2, -0.15) is 5.10 Å². The first kappa shape index (κ1) is 14.4. The van der Waals surface area contributed by atoms with Crippen molar-refractivity contribution < 1.29 is 9.47 Å². The minimum Gasteiger partial charge on any atom is -0.470 e. The summed E-state index contributed by atoms with van der Waals surface area (Å²) in [6, 6.07) is 10.0. The first-order valence-corrected chi connectivity index (χ1v) is 8.07. The number of nitrogens with zero attached hydrogens (tertiary/aromatic N) is 4. The van der Waals surface area contributed by atoms with E-state index < -0.39 is 0 Å². The van der Waals surface area contributed by atoms with Gasteiger partial charge in [-0.05, 0) is 38.0 Å². The third kappa shape index (κ3) is 2.86. The van der Waals surface area contributed by atoms with E-state index in [1.54, 1.807) is 6.20 Å². The smallest absolute Gasteiger partial charge is 0.213 e. The number of rotatable bonds is 3. The van der Waals surface area contributed by atoms with E-state index in [1.165, 1.54) is 0 Å². The number of pyridine rings is 1. The van der Waals surface area contributed by atoms with Crippen molar-refractivity contribution in [3.63, 3.8) is 0 Å². The first-order chi connectivity index (χ1) is 11.3. The van der Waals surface area contributed by atoms with E-state index in [0.717, 1.165) is 37.5 Å². The predicted molar refractivity (Wildman–Crippen MR) is 85.5 cm³/mol. The van der Waals surface area contributed by atoms with Gasteiger partial charge in [0.15, 0.2) is 5.82 Å². The van der Waals surface area contributed by atoms with Crippen molar-refractivity contribution in [3.8, 4) is 5.88 Å². The highest BCUT2D eigenvalue weighted by Gasteiger charge is 2.46. The Morgan fingerprint density at radius 1 is 1.22 bits per heavy atom. The molecule has 2 fully saturated rings. The standard InChI is InChI=1S/C17H20N4O2/c1-12-7-8-15(20-19-12)21-11-14(17-13(21)5-4-10-22-17)23-16-6-2-3-9-18-16/h2-3,6-9,13-14,17H,4-5,10-11H2,1H3/t13-,14+,17+/m0/s1. The minimum atomic E-state index is -0.0432. The Hall–Kier alpha value is -2.21. The number of hydrogen-bond donors (Lipinski definition) is 0. The van der Waals surface area contributed by atoms with Gasteiger partial charge in [-0.1, -0.05) is 6.07 Å². The number of aryl methyl sites for hydroxylation is 1. The second-order valence-electron chi connectivity index (χ2n) is 6.05. The summed E-state index contributed by atoms with van der Waals surface area (Å²) in [6.07, 6.45) is 3.90. The fourth-order valence-electron chi connectivity index (χ4n) is 3.39. The molecule has 6 nitrogen and oxygen atoms in total. The molecule has 6 heteroatoms. The van der Waals surface area contributed by atoms with Crippen molar-refractivity contribution in [2.75, 3.05) is 18.1 Å². The van der Waals surface area contributed by atoms with Crippen LogP contribution in [0.3, 0.4) is 0 Å². The molecule has 120 valence electrons. The lowest BCUT2D eigenvalue weighted by molar-refractivity contribution is -0.0372. The quantitative estimate of drug-likeness (QED) is 0.864. The number of anilines is 1. The Morgan fingerprint density at radius 2 is 2.17 bits per heavy atom. The van der Waals surface area contributed by atoms with Crippen LogP contribution in [0.4, 0.5) is 5.82 Å². The molecule has 2 aliphatic rings. The average Bonchev–Trinajstić information content (AvgIpc) is 2.95. The van der Waals surface area contributed by atoms with E-state index >= 15 is 0 Å². The van der Waals surface area contributed by atoms with Gasteiger partial charge in [-0.25, -0.2) is 4.98 Å². The molecule has 0 amide bonds. The maximum Gasteiger partial charge on any atom is 0.213 e. The van der Waals surface area contributed by atoms with Crippen LogP contribution < -0.4 is 9.64 Å². The molecule has 0 radical (unpaired) electrons. The average molecular weight is 312 g/mol. The number of fused-ring (bicyclic) bond motifs is 1. The van der Waals surface area contributed by atoms with Crippen LogP contribution in [0.15, 0.2) is 36.5 Å². The molecule has 3 atom stereocenters. The van der Waals surface area contributed by atoms with Gasteiger partial charge < -0.3 is 14.4 Å². The van der Waals surface area contributed by atoms with Gasteiger partial charge in [0.05, 0.1) is 18.3 Å². The molecule has 0 saturated carbocycles. The van der Waals surface area contributed by atoms with Gasteiger partial charge in [0.2, 0.25) is 5.88 Å². The minimum absolute atomic E-state index is 0.0432. The maximum atomic E-state index is 6.09. The van der Waals surface area contributed by atoms with Crippen LogP contribution in [0.25, 0.3) is 0 Å². The molecule has 2 aromatic rings. The molecule has 0 spiro atoms. The Morgan fingerprint density at radius 3 is 2.96 bits per heavy atom. The van der Waals surface area contributed by atoms with Crippen molar-refractivity contribution in [3.05, 3.63) is 42.2 Å². The number of aromatic nitrogens is 3. The van der Waals surface area contributed by atoms with E-state index in [0.29, 0.717) is 5.88 Å². The van der Waals surface area contributed by atoms with E-state index in [2.05, 4.69) is 20.1 Å². The van der Waals surface area contributed by atoms with Crippen molar-refractivity contribution in [1.82, 2.24) is 15.2 Å². The van der Waals surface area contributed by atoms with Crippen molar-refractivity contribution >= 4 is 5.82 Å². The number of ether oxygens (including phenoxy) is 2. The number of hydrogen-bond acceptors (Lipinski definition) is 6. The molecule has 0 aliphatic carbocycles. The lowest BCUT2D eigenvalue weighted by atomic mass is 10.0. The van der Waals surface area contributed by atoms with Crippen LogP contribution in [-0.4, -0.2) is 46.6 Å². The van der Waals surface area contributed by atoms with Crippen LogP contribution in [0.1, 0.15) is 18.5 Å². The third-order valence-corrected chi connectivity index (χ3v) is 4.47. The Bertz CT molecular complexity index is 649. The maximum absolute atomic E-state index is 6.09. The van der Waals surface area contributed by atoms with Gasteiger partial charge in [0, 0.05) is 18.9 Å². The van der Waals surface area contributed by atoms with Crippen LogP contribution in [-0.2, 0) is 4.74 Å². The lowest BCUT2D eigenvalue weighted by Gasteiger charge is -2.32. The summed E-state index contributed by atoms with van der Waals surface area (Å²) in [6.45, 7) is 3.47. The van der Waals surface area contributed by atoms with Crippen molar-refractivity contribution in [2.24, 2.45) is 0 Å². The molecule has 0 unspecified atom stereocenters. The fourth-order valence-corrected chi connectivity index (χ4v) is 3.39. The second-order valence-corrected chi connectivity index (χ2v) is 6.05. The molecule has 4 rings (SSSR count). The first-order valence-electron chi connectivity index (χ1n) is 8.07. The summed E-state index contributed by atoms with van der Waals surface area (Å²) in [5.41, 5.74) is 0.922. The monoisotopic (exact) mass is 312 g/mol. The largest absolute Gasteiger partial charge is 0.470 e. The van der Waals surface area contributed by atoms with Gasteiger partial charge in [-0.3, -0.25) is 0 Å². The zero-order chi connectivity index (χ0) is 15.6. The van der Waals surface area contributed by atoms with Crippen LogP contribution in [0.5, 0.6) is 5.88 Å². The molecule has 2 saturated heterocycles. The molecule has 23 heavy (non-hydrogen) atoms. The molecule has 0 aromatic carbocycles. The van der Waals surface area contributed by atoms with Crippen molar-refractivity contribution in [1.29, 1.82) is 0 Å². The molecule has 0 bridgehead atoms. The molecule has 2 aromatic heterocycles. The fraction of sp³-hybridized carbons (Fsp3) is 0.471. The van der Waals surface area contributed by atoms with Gasteiger partial charge in [-0.15, -0.1) is 5.10 Å². The highest BCUT2D eigenvalue weighted by molar-refractivity contribution is 5.42. The van der Waals surface area contributed by atoms with E-state index in [9.17, 15) is 0 Å². The summed E-state index contributed by atoms with van der Waals surface area (Å²) in [4.78, 5) is 6.53. The molecular formula is C17H20N4O2. The summed E-state index contributed by atoms with van der Waals surface area (Å²) in [5.74, 6) is 1.53. The third-order valence-electron chi connectivity index (χ3n) is 4.47. The van der Waals surface area contributed by atoms with E-state index in [1.807, 2.05) is 37.3 Å². The van der Waals surface area contributed by atoms with Gasteiger partial charge in [0.25, 0.3) is 0 Å². The Labute approximate surface area is 135 Å². The SMILES string of the molecule is Cc1ccc(N2C[C@@H](Oc3ccccn3)[C@@H]3OCCC[C@@H]32)nn1. The normalized spacial score (nSPS) is 26.8. The highest BCUT2D eigenvalue weighted by atomic mass is 16.5.